The van der Waals surface area contributed by atoms with E-state index in [1.54, 1.807) is 4.72 Å². The molecule has 11 heteroatoms. The lowest BCUT2D eigenvalue weighted by Gasteiger charge is -2.18. The number of fused-ring (bicyclic) bond motifs is 1. The summed E-state index contributed by atoms with van der Waals surface area (Å²) >= 11 is 0. The first-order chi connectivity index (χ1) is 12.2. The zero-order chi connectivity index (χ0) is 19.1. The third kappa shape index (κ3) is 3.33. The lowest BCUT2D eigenvalue weighted by molar-refractivity contribution is 0.102. The average Bonchev–Trinajstić information content (AvgIpc) is 2.55. The second-order valence-electron chi connectivity index (χ2n) is 5.26. The van der Waals surface area contributed by atoms with Gasteiger partial charge in [-0.3, -0.25) is 4.79 Å². The molecule has 1 aliphatic heterocycles. The van der Waals surface area contributed by atoms with Gasteiger partial charge in [-0.15, -0.1) is 0 Å². The first-order valence-corrected chi connectivity index (χ1v) is 8.52. The molecule has 0 saturated heterocycles. The maximum absolute atomic E-state index is 13.3. The molecule has 0 bridgehead atoms. The van der Waals surface area contributed by atoms with Gasteiger partial charge in [-0.05, 0) is 36.4 Å². The van der Waals surface area contributed by atoms with Crippen LogP contribution in [0.15, 0.2) is 41.3 Å². The number of sulfonamides is 1. The van der Waals surface area contributed by atoms with E-state index in [1.807, 2.05) is 0 Å². The van der Waals surface area contributed by atoms with Crippen molar-refractivity contribution in [3.8, 4) is 0 Å². The number of hydrogen-bond donors (Lipinski definition) is 3. The number of urea groups is 1. The minimum Gasteiger partial charge on any atom is -0.322 e. The molecule has 2 aromatic carbocycles. The van der Waals surface area contributed by atoms with Crippen LogP contribution in [0.25, 0.3) is 0 Å². The molecule has 0 fully saturated rings. The summed E-state index contributed by atoms with van der Waals surface area (Å²) in [7, 11) is -4.13. The van der Waals surface area contributed by atoms with Gasteiger partial charge in [0.2, 0.25) is 0 Å². The lowest BCUT2D eigenvalue weighted by atomic mass is 10.1. The summed E-state index contributed by atoms with van der Waals surface area (Å²) in [5, 5.41) is 4.55. The minimum atomic E-state index is -4.13. The van der Waals surface area contributed by atoms with E-state index >= 15 is 0 Å². The van der Waals surface area contributed by atoms with Crippen molar-refractivity contribution in [2.24, 2.45) is 0 Å². The molecule has 3 N–H and O–H groups in total. The molecule has 136 valence electrons. The van der Waals surface area contributed by atoms with Gasteiger partial charge in [0.05, 0.1) is 11.3 Å². The fourth-order valence-electron chi connectivity index (χ4n) is 2.31. The molecular formula is C15H10F3N3O4S. The van der Waals surface area contributed by atoms with Gasteiger partial charge in [-0.1, -0.05) is 0 Å². The molecule has 0 aromatic heterocycles. The third-order valence-electron chi connectivity index (χ3n) is 3.50. The second kappa shape index (κ2) is 6.33. The van der Waals surface area contributed by atoms with E-state index in [9.17, 15) is 31.2 Å². The van der Waals surface area contributed by atoms with Crippen LogP contribution < -0.4 is 15.4 Å². The summed E-state index contributed by atoms with van der Waals surface area (Å²) in [6.07, 6.45) is -3.06. The van der Waals surface area contributed by atoms with Crippen molar-refractivity contribution in [3.63, 3.8) is 0 Å². The van der Waals surface area contributed by atoms with E-state index in [1.165, 1.54) is 12.1 Å². The Hall–Kier alpha value is -3.08. The van der Waals surface area contributed by atoms with Crippen LogP contribution in [0.5, 0.6) is 0 Å². The molecule has 1 aliphatic rings. The Morgan fingerprint density at radius 2 is 1.85 bits per heavy atom. The Morgan fingerprint density at radius 1 is 1.12 bits per heavy atom. The van der Waals surface area contributed by atoms with Gasteiger partial charge < -0.3 is 10.6 Å². The van der Waals surface area contributed by atoms with Gasteiger partial charge in [0.25, 0.3) is 22.4 Å². The number of carbonyl (C=O) groups is 2. The number of nitrogens with one attached hydrogen (secondary N) is 3. The number of alkyl halides is 2. The maximum Gasteiger partial charge on any atom is 0.333 e. The molecule has 3 amide bonds. The summed E-state index contributed by atoms with van der Waals surface area (Å²) < 4.78 is 64.3. The van der Waals surface area contributed by atoms with Crippen LogP contribution in [0.2, 0.25) is 0 Å². The van der Waals surface area contributed by atoms with E-state index in [-0.39, 0.29) is 21.8 Å². The van der Waals surface area contributed by atoms with Crippen molar-refractivity contribution in [2.45, 2.75) is 11.3 Å². The van der Waals surface area contributed by atoms with Crippen LogP contribution in [0.3, 0.4) is 0 Å². The number of carbonyl (C=O) groups excluding carboxylic acids is 2. The third-order valence-corrected chi connectivity index (χ3v) is 4.87. The Morgan fingerprint density at radius 3 is 2.54 bits per heavy atom. The normalized spacial score (nSPS) is 15.0. The van der Waals surface area contributed by atoms with Crippen LogP contribution >= 0.6 is 0 Å². The SMILES string of the molecule is O=C1Nc2ccc(C(=O)Nc3ccc(F)c(C(F)F)c3)cc2S(=O)(=O)N1. The molecule has 0 spiro atoms. The van der Waals surface area contributed by atoms with Gasteiger partial charge in [0.15, 0.2) is 0 Å². The van der Waals surface area contributed by atoms with Crippen LogP contribution in [0.1, 0.15) is 22.3 Å². The molecule has 0 atom stereocenters. The Labute approximate surface area is 145 Å². The van der Waals surface area contributed by atoms with Crippen molar-refractivity contribution < 1.29 is 31.2 Å². The fraction of sp³-hybridized carbons (Fsp3) is 0.0667. The number of benzene rings is 2. The van der Waals surface area contributed by atoms with Crippen LogP contribution in [-0.4, -0.2) is 20.4 Å². The van der Waals surface area contributed by atoms with Gasteiger partial charge in [0, 0.05) is 11.3 Å². The molecule has 0 unspecified atom stereocenters. The molecule has 3 rings (SSSR count). The molecular weight excluding hydrogens is 375 g/mol. The quantitative estimate of drug-likeness (QED) is 0.756. The fourth-order valence-corrected chi connectivity index (χ4v) is 3.40. The molecule has 26 heavy (non-hydrogen) atoms. The highest BCUT2D eigenvalue weighted by Crippen LogP contribution is 2.27. The first kappa shape index (κ1) is 17.7. The largest absolute Gasteiger partial charge is 0.333 e. The van der Waals surface area contributed by atoms with Gasteiger partial charge in [-0.2, -0.15) is 0 Å². The van der Waals surface area contributed by atoms with Crippen molar-refractivity contribution in [1.29, 1.82) is 0 Å². The average molecular weight is 385 g/mol. The van der Waals surface area contributed by atoms with E-state index in [2.05, 4.69) is 10.6 Å². The maximum atomic E-state index is 13.3. The summed E-state index contributed by atoms with van der Waals surface area (Å²) in [6, 6.07) is 5.21. The van der Waals surface area contributed by atoms with Crippen LogP contribution in [0, 0.1) is 5.82 Å². The second-order valence-corrected chi connectivity index (χ2v) is 6.91. The zero-order valence-electron chi connectivity index (χ0n) is 12.7. The molecule has 7 nitrogen and oxygen atoms in total. The van der Waals surface area contributed by atoms with E-state index < -0.39 is 39.8 Å². The predicted molar refractivity (Wildman–Crippen MR) is 85.1 cm³/mol. The number of hydrogen-bond acceptors (Lipinski definition) is 4. The molecule has 0 radical (unpaired) electrons. The molecule has 1 heterocycles. The van der Waals surface area contributed by atoms with Crippen molar-refractivity contribution in [1.82, 2.24) is 4.72 Å². The van der Waals surface area contributed by atoms with Crippen molar-refractivity contribution in [3.05, 3.63) is 53.3 Å². The standard InChI is InChI=1S/C15H10F3N3O4S/c16-10-3-2-8(6-9(10)13(17)18)19-14(22)7-1-4-11-12(5-7)26(24,25)21-15(23)20-11/h1-6,13H,(H,19,22)(H2,20,21,23). The van der Waals surface area contributed by atoms with E-state index in [0.717, 1.165) is 24.3 Å². The lowest BCUT2D eigenvalue weighted by Crippen LogP contribution is -2.39. The highest BCUT2D eigenvalue weighted by molar-refractivity contribution is 7.90. The monoisotopic (exact) mass is 385 g/mol. The van der Waals surface area contributed by atoms with E-state index in [4.69, 9.17) is 0 Å². The summed E-state index contributed by atoms with van der Waals surface area (Å²) in [4.78, 5) is 23.2. The highest BCUT2D eigenvalue weighted by atomic mass is 32.2. The smallest absolute Gasteiger partial charge is 0.322 e. The summed E-state index contributed by atoms with van der Waals surface area (Å²) in [6.45, 7) is 0. The first-order valence-electron chi connectivity index (χ1n) is 7.04. The number of amides is 3. The molecule has 2 aromatic rings. The predicted octanol–water partition coefficient (Wildman–Crippen LogP) is 2.84. The van der Waals surface area contributed by atoms with Crippen molar-refractivity contribution >= 4 is 33.3 Å². The zero-order valence-corrected chi connectivity index (χ0v) is 13.5. The minimum absolute atomic E-state index is 0.00734. The van der Waals surface area contributed by atoms with Crippen LogP contribution in [0.4, 0.5) is 29.3 Å². The Bertz CT molecular complexity index is 1020. The van der Waals surface area contributed by atoms with Crippen molar-refractivity contribution in [2.75, 3.05) is 10.6 Å². The summed E-state index contributed by atoms with van der Waals surface area (Å²) in [5.41, 5.74) is -1.07. The van der Waals surface area contributed by atoms with Gasteiger partial charge >= 0.3 is 6.03 Å². The number of rotatable bonds is 3. The molecule has 0 aliphatic carbocycles. The number of anilines is 2. The Kier molecular flexibility index (Phi) is 4.32. The molecule has 0 saturated carbocycles. The number of halogens is 3. The summed E-state index contributed by atoms with van der Waals surface area (Å²) in [5.74, 6) is -1.91. The van der Waals surface area contributed by atoms with Crippen LogP contribution in [-0.2, 0) is 10.0 Å². The van der Waals surface area contributed by atoms with Gasteiger partial charge in [0.1, 0.15) is 10.7 Å². The Balaban J connectivity index is 1.90. The van der Waals surface area contributed by atoms with Gasteiger partial charge in [-0.25, -0.2) is 31.1 Å². The highest BCUT2D eigenvalue weighted by Gasteiger charge is 2.28. The topological polar surface area (TPSA) is 104 Å². The van der Waals surface area contributed by atoms with E-state index in [0.29, 0.717) is 0 Å².